The van der Waals surface area contributed by atoms with Crippen molar-refractivity contribution in [3.05, 3.63) is 59.4 Å². The van der Waals surface area contributed by atoms with E-state index in [1.54, 1.807) is 23.9 Å². The zero-order valence-corrected chi connectivity index (χ0v) is 17.0. The highest BCUT2D eigenvalue weighted by Gasteiger charge is 2.21. The Balaban J connectivity index is 1.50. The van der Waals surface area contributed by atoms with Gasteiger partial charge >= 0.3 is 0 Å². The van der Waals surface area contributed by atoms with Crippen LogP contribution in [0, 0.1) is 12.7 Å². The van der Waals surface area contributed by atoms with Crippen LogP contribution in [0.15, 0.2) is 47.5 Å². The first-order chi connectivity index (χ1) is 13.0. The first-order valence-electron chi connectivity index (χ1n) is 9.47. The number of anilines is 1. The molecule has 1 heterocycles. The lowest BCUT2D eigenvalue weighted by Gasteiger charge is -2.19. The molecule has 0 bridgehead atoms. The van der Waals surface area contributed by atoms with Gasteiger partial charge in [-0.2, -0.15) is 0 Å². The fourth-order valence-electron chi connectivity index (χ4n) is 3.15. The van der Waals surface area contributed by atoms with Crippen LogP contribution in [-0.4, -0.2) is 29.5 Å². The summed E-state index contributed by atoms with van der Waals surface area (Å²) < 4.78 is 19.3. The molecule has 2 atom stereocenters. The van der Waals surface area contributed by atoms with Crippen LogP contribution in [-0.2, 0) is 6.42 Å². The molecule has 1 aliphatic rings. The number of thioether (sulfide) groups is 1. The highest BCUT2D eigenvalue weighted by Crippen LogP contribution is 2.24. The molecular formula is C22H27FN2OS. The van der Waals surface area contributed by atoms with Gasteiger partial charge < -0.3 is 10.1 Å². The van der Waals surface area contributed by atoms with Crippen LogP contribution in [0.5, 0.6) is 5.75 Å². The Kier molecular flexibility index (Phi) is 6.78. The third kappa shape index (κ3) is 5.73. The molecule has 2 aromatic carbocycles. The fraction of sp³-hybridized carbons (Fsp3) is 0.409. The maximum absolute atomic E-state index is 13.4. The number of aryl methyl sites for hydroxylation is 2. The van der Waals surface area contributed by atoms with E-state index in [9.17, 15) is 4.39 Å². The van der Waals surface area contributed by atoms with E-state index in [4.69, 9.17) is 9.73 Å². The van der Waals surface area contributed by atoms with Crippen molar-refractivity contribution in [1.82, 2.24) is 0 Å². The molecule has 2 unspecified atom stereocenters. The van der Waals surface area contributed by atoms with E-state index in [1.165, 1.54) is 11.6 Å². The van der Waals surface area contributed by atoms with Crippen LogP contribution in [0.1, 0.15) is 31.4 Å². The monoisotopic (exact) mass is 386 g/mol. The Bertz CT molecular complexity index is 809. The molecule has 0 aliphatic carbocycles. The Morgan fingerprint density at radius 1 is 1.30 bits per heavy atom. The van der Waals surface area contributed by atoms with Gasteiger partial charge in [0.15, 0.2) is 0 Å². The molecule has 144 valence electrons. The third-order valence-corrected chi connectivity index (χ3v) is 5.77. The van der Waals surface area contributed by atoms with Crippen LogP contribution in [0.4, 0.5) is 10.1 Å². The molecule has 0 spiro atoms. The van der Waals surface area contributed by atoms with Gasteiger partial charge in [-0.05, 0) is 62.1 Å². The van der Waals surface area contributed by atoms with E-state index in [0.29, 0.717) is 6.61 Å². The molecule has 2 aromatic rings. The van der Waals surface area contributed by atoms with E-state index in [0.717, 1.165) is 40.6 Å². The van der Waals surface area contributed by atoms with Gasteiger partial charge in [0, 0.05) is 17.5 Å². The SMILES string of the molecule is CCc1cccc(OCC2=NC(CC(C)Nc3cc(F)ccc3C)CS2)c1. The second-order valence-electron chi connectivity index (χ2n) is 7.02. The molecular weight excluding hydrogens is 359 g/mol. The van der Waals surface area contributed by atoms with Crippen LogP contribution < -0.4 is 10.1 Å². The maximum Gasteiger partial charge on any atom is 0.136 e. The summed E-state index contributed by atoms with van der Waals surface area (Å²) in [5.41, 5.74) is 3.19. The van der Waals surface area contributed by atoms with E-state index < -0.39 is 0 Å². The number of benzene rings is 2. The lowest BCUT2D eigenvalue weighted by molar-refractivity contribution is 0.378. The standard InChI is InChI=1S/C22H27FN2OS/c1-4-17-6-5-7-20(11-17)26-13-22-25-19(14-27-22)10-16(3)24-21-12-18(23)9-8-15(21)2/h5-9,11-12,16,19,24H,4,10,13-14H2,1-3H3. The van der Waals surface area contributed by atoms with E-state index in [2.05, 4.69) is 31.3 Å². The summed E-state index contributed by atoms with van der Waals surface area (Å²) in [6.07, 6.45) is 1.92. The molecule has 1 N–H and O–H groups in total. The Labute approximate surface area is 165 Å². The minimum Gasteiger partial charge on any atom is -0.487 e. The average Bonchev–Trinajstić information content (AvgIpc) is 3.10. The van der Waals surface area contributed by atoms with Gasteiger partial charge in [-0.3, -0.25) is 4.99 Å². The van der Waals surface area contributed by atoms with Crippen LogP contribution in [0.25, 0.3) is 0 Å². The molecule has 0 amide bonds. The number of halogens is 1. The smallest absolute Gasteiger partial charge is 0.136 e. The van der Waals surface area contributed by atoms with E-state index in [1.807, 2.05) is 19.1 Å². The first kappa shape index (κ1) is 19.7. The van der Waals surface area contributed by atoms with Gasteiger partial charge in [0.25, 0.3) is 0 Å². The number of hydrogen-bond donors (Lipinski definition) is 1. The summed E-state index contributed by atoms with van der Waals surface area (Å²) in [6.45, 7) is 6.77. The Morgan fingerprint density at radius 3 is 2.96 bits per heavy atom. The van der Waals surface area contributed by atoms with Crippen molar-refractivity contribution in [1.29, 1.82) is 0 Å². The van der Waals surface area contributed by atoms with Gasteiger partial charge in [0.2, 0.25) is 0 Å². The largest absolute Gasteiger partial charge is 0.487 e. The predicted octanol–water partition coefficient (Wildman–Crippen LogP) is 5.48. The number of nitrogens with one attached hydrogen (secondary N) is 1. The zero-order valence-electron chi connectivity index (χ0n) is 16.2. The molecule has 0 saturated carbocycles. The summed E-state index contributed by atoms with van der Waals surface area (Å²) in [4.78, 5) is 4.81. The van der Waals surface area contributed by atoms with Crippen LogP contribution in [0.3, 0.4) is 0 Å². The van der Waals surface area contributed by atoms with Gasteiger partial charge in [0.1, 0.15) is 23.2 Å². The van der Waals surface area contributed by atoms with Crippen molar-refractivity contribution in [2.45, 2.75) is 45.7 Å². The zero-order chi connectivity index (χ0) is 19.2. The molecule has 5 heteroatoms. The quantitative estimate of drug-likeness (QED) is 0.652. The van der Waals surface area contributed by atoms with Crippen LogP contribution >= 0.6 is 11.8 Å². The number of rotatable bonds is 8. The Hall–Kier alpha value is -2.01. The minimum atomic E-state index is -0.212. The molecule has 0 fully saturated rings. The van der Waals surface area contributed by atoms with Crippen molar-refractivity contribution in [2.24, 2.45) is 4.99 Å². The fourth-order valence-corrected chi connectivity index (χ4v) is 4.11. The Morgan fingerprint density at radius 2 is 2.15 bits per heavy atom. The molecule has 0 aromatic heterocycles. The summed E-state index contributed by atoms with van der Waals surface area (Å²) in [6, 6.07) is 13.6. The van der Waals surface area contributed by atoms with E-state index >= 15 is 0 Å². The lowest BCUT2D eigenvalue weighted by atomic mass is 10.1. The number of hydrogen-bond acceptors (Lipinski definition) is 4. The normalized spacial score (nSPS) is 17.5. The molecule has 0 saturated heterocycles. The maximum atomic E-state index is 13.4. The summed E-state index contributed by atoms with van der Waals surface area (Å²) in [7, 11) is 0. The van der Waals surface area contributed by atoms with Gasteiger partial charge in [-0.25, -0.2) is 4.39 Å². The highest BCUT2D eigenvalue weighted by atomic mass is 32.2. The predicted molar refractivity (Wildman–Crippen MR) is 114 cm³/mol. The van der Waals surface area contributed by atoms with Gasteiger partial charge in [0.05, 0.1) is 6.04 Å². The second kappa shape index (κ2) is 9.27. The summed E-state index contributed by atoms with van der Waals surface area (Å²) in [5.74, 6) is 1.66. The highest BCUT2D eigenvalue weighted by molar-refractivity contribution is 8.14. The lowest BCUT2D eigenvalue weighted by Crippen LogP contribution is -2.22. The average molecular weight is 387 g/mol. The van der Waals surface area contributed by atoms with Crippen molar-refractivity contribution < 1.29 is 9.13 Å². The molecule has 27 heavy (non-hydrogen) atoms. The number of aliphatic imine (C=N–C) groups is 1. The van der Waals surface area contributed by atoms with Crippen molar-refractivity contribution in [3.8, 4) is 5.75 Å². The van der Waals surface area contributed by atoms with Gasteiger partial charge in [-0.1, -0.05) is 25.1 Å². The van der Waals surface area contributed by atoms with Crippen molar-refractivity contribution in [2.75, 3.05) is 17.7 Å². The number of ether oxygens (including phenoxy) is 1. The summed E-state index contributed by atoms with van der Waals surface area (Å²) in [5, 5.41) is 4.47. The third-order valence-electron chi connectivity index (χ3n) is 4.67. The molecule has 0 radical (unpaired) electrons. The first-order valence-corrected chi connectivity index (χ1v) is 10.5. The minimum absolute atomic E-state index is 0.212. The van der Waals surface area contributed by atoms with Crippen LogP contribution in [0.2, 0.25) is 0 Å². The molecule has 3 nitrogen and oxygen atoms in total. The topological polar surface area (TPSA) is 33.6 Å². The van der Waals surface area contributed by atoms with Crippen molar-refractivity contribution in [3.63, 3.8) is 0 Å². The summed E-state index contributed by atoms with van der Waals surface area (Å²) >= 11 is 1.77. The molecule has 1 aliphatic heterocycles. The van der Waals surface area contributed by atoms with Crippen molar-refractivity contribution >= 4 is 22.5 Å². The second-order valence-corrected chi connectivity index (χ2v) is 8.11. The van der Waals surface area contributed by atoms with E-state index in [-0.39, 0.29) is 17.9 Å². The molecule has 3 rings (SSSR count). The number of nitrogens with zero attached hydrogens (tertiary/aromatic N) is 1. The van der Waals surface area contributed by atoms with Gasteiger partial charge in [-0.15, -0.1) is 11.8 Å².